The van der Waals surface area contributed by atoms with Crippen molar-refractivity contribution >= 4 is 5.69 Å². The molecule has 0 radical (unpaired) electrons. The summed E-state index contributed by atoms with van der Waals surface area (Å²) in [6, 6.07) is 17.7. The summed E-state index contributed by atoms with van der Waals surface area (Å²) in [5.74, 6) is 0.872. The summed E-state index contributed by atoms with van der Waals surface area (Å²) < 4.78 is 5.81. The lowest BCUT2D eigenvalue weighted by Crippen LogP contribution is -1.96. The maximum atomic E-state index is 5.81. The third-order valence-electron chi connectivity index (χ3n) is 3.42. The Hall–Kier alpha value is -2.75. The molecule has 3 aromatic rings. The number of aromatic nitrogens is 2. The van der Waals surface area contributed by atoms with E-state index >= 15 is 0 Å². The molecule has 3 N–H and O–H groups in total. The number of ether oxygens (including phenoxy) is 1. The molecule has 0 amide bonds. The first-order valence-electron chi connectivity index (χ1n) is 7.41. The molecule has 1 aromatic heterocycles. The molecular weight excluding hydrogens is 274 g/mol. The van der Waals surface area contributed by atoms with Crippen LogP contribution >= 0.6 is 0 Å². The fourth-order valence-corrected chi connectivity index (χ4v) is 2.29. The highest BCUT2D eigenvalue weighted by molar-refractivity contribution is 5.72. The Labute approximate surface area is 129 Å². The lowest BCUT2D eigenvalue weighted by atomic mass is 10.1. The molecule has 0 saturated carbocycles. The van der Waals surface area contributed by atoms with E-state index in [0.717, 1.165) is 40.4 Å². The van der Waals surface area contributed by atoms with Gasteiger partial charge in [-0.3, -0.25) is 5.10 Å². The van der Waals surface area contributed by atoms with E-state index in [1.54, 1.807) is 0 Å². The smallest absolute Gasteiger partial charge is 0.128 e. The number of aromatic amines is 1. The van der Waals surface area contributed by atoms with Crippen molar-refractivity contribution in [3.8, 4) is 28.3 Å². The molecule has 112 valence electrons. The Balaban J connectivity index is 1.92. The summed E-state index contributed by atoms with van der Waals surface area (Å²) in [5.41, 5.74) is 10.4. The van der Waals surface area contributed by atoms with Gasteiger partial charge in [0.2, 0.25) is 0 Å². The van der Waals surface area contributed by atoms with Gasteiger partial charge in [-0.1, -0.05) is 31.2 Å². The van der Waals surface area contributed by atoms with Crippen molar-refractivity contribution in [2.24, 2.45) is 0 Å². The second-order valence-corrected chi connectivity index (χ2v) is 5.13. The van der Waals surface area contributed by atoms with E-state index in [-0.39, 0.29) is 0 Å². The standard InChI is InChI=1S/C18H19N3O/c1-2-11-22-18-6-4-3-5-15(18)17-12-16(20-21-17)13-7-9-14(19)10-8-13/h3-10,12H,2,11,19H2,1H3,(H,20,21). The zero-order valence-corrected chi connectivity index (χ0v) is 12.5. The van der Waals surface area contributed by atoms with Crippen LogP contribution in [0.5, 0.6) is 5.75 Å². The number of hydrogen-bond donors (Lipinski definition) is 2. The molecule has 2 aromatic carbocycles. The number of nitrogen functional groups attached to an aromatic ring is 1. The van der Waals surface area contributed by atoms with Gasteiger partial charge >= 0.3 is 0 Å². The van der Waals surface area contributed by atoms with Crippen LogP contribution in [0, 0.1) is 0 Å². The summed E-state index contributed by atoms with van der Waals surface area (Å²) in [7, 11) is 0. The monoisotopic (exact) mass is 293 g/mol. The Bertz CT molecular complexity index is 747. The van der Waals surface area contributed by atoms with Crippen LogP contribution in [0.2, 0.25) is 0 Å². The number of benzene rings is 2. The number of rotatable bonds is 5. The average Bonchev–Trinajstić information content (AvgIpc) is 3.03. The molecule has 0 aliphatic heterocycles. The van der Waals surface area contributed by atoms with Crippen molar-refractivity contribution in [3.63, 3.8) is 0 Å². The van der Waals surface area contributed by atoms with Crippen LogP contribution < -0.4 is 10.5 Å². The highest BCUT2D eigenvalue weighted by atomic mass is 16.5. The van der Waals surface area contributed by atoms with Gasteiger partial charge < -0.3 is 10.5 Å². The van der Waals surface area contributed by atoms with Gasteiger partial charge in [0.1, 0.15) is 5.75 Å². The summed E-state index contributed by atoms with van der Waals surface area (Å²) >= 11 is 0. The van der Waals surface area contributed by atoms with Gasteiger partial charge in [0.05, 0.1) is 18.0 Å². The van der Waals surface area contributed by atoms with Gasteiger partial charge in [0.15, 0.2) is 0 Å². The molecule has 0 bridgehead atoms. The van der Waals surface area contributed by atoms with Crippen molar-refractivity contribution in [1.29, 1.82) is 0 Å². The molecule has 22 heavy (non-hydrogen) atoms. The molecule has 0 atom stereocenters. The zero-order chi connectivity index (χ0) is 15.4. The minimum atomic E-state index is 0.704. The maximum Gasteiger partial charge on any atom is 0.128 e. The predicted molar refractivity (Wildman–Crippen MR) is 89.7 cm³/mol. The molecule has 0 unspecified atom stereocenters. The first kappa shape index (κ1) is 14.2. The Morgan fingerprint density at radius 3 is 2.64 bits per heavy atom. The number of hydrogen-bond acceptors (Lipinski definition) is 3. The van der Waals surface area contributed by atoms with Gasteiger partial charge in [-0.15, -0.1) is 0 Å². The highest BCUT2D eigenvalue weighted by Gasteiger charge is 2.10. The maximum absolute atomic E-state index is 5.81. The van der Waals surface area contributed by atoms with E-state index < -0.39 is 0 Å². The molecule has 0 aliphatic carbocycles. The molecule has 3 rings (SSSR count). The highest BCUT2D eigenvalue weighted by Crippen LogP contribution is 2.31. The van der Waals surface area contributed by atoms with Crippen LogP contribution in [-0.2, 0) is 0 Å². The van der Waals surface area contributed by atoms with Gasteiger partial charge in [-0.25, -0.2) is 0 Å². The van der Waals surface area contributed by atoms with Crippen molar-refractivity contribution in [2.45, 2.75) is 13.3 Å². The van der Waals surface area contributed by atoms with Crippen LogP contribution in [0.3, 0.4) is 0 Å². The first-order chi connectivity index (χ1) is 10.8. The molecule has 0 spiro atoms. The van der Waals surface area contributed by atoms with E-state index in [1.165, 1.54) is 0 Å². The fourth-order valence-electron chi connectivity index (χ4n) is 2.29. The van der Waals surface area contributed by atoms with E-state index in [2.05, 4.69) is 17.1 Å². The third kappa shape index (κ3) is 2.96. The lowest BCUT2D eigenvalue weighted by molar-refractivity contribution is 0.318. The number of nitrogens with two attached hydrogens (primary N) is 1. The van der Waals surface area contributed by atoms with Gasteiger partial charge in [0, 0.05) is 16.8 Å². The number of nitrogens with zero attached hydrogens (tertiary/aromatic N) is 1. The minimum Gasteiger partial charge on any atom is -0.493 e. The minimum absolute atomic E-state index is 0.704. The number of nitrogens with one attached hydrogen (secondary N) is 1. The number of H-pyrrole nitrogens is 1. The molecule has 1 heterocycles. The molecular formula is C18H19N3O. The molecule has 4 nitrogen and oxygen atoms in total. The quantitative estimate of drug-likeness (QED) is 0.696. The second-order valence-electron chi connectivity index (χ2n) is 5.13. The van der Waals surface area contributed by atoms with Crippen LogP contribution in [0.25, 0.3) is 22.5 Å². The van der Waals surface area contributed by atoms with E-state index in [0.29, 0.717) is 6.61 Å². The lowest BCUT2D eigenvalue weighted by Gasteiger charge is -2.08. The summed E-state index contributed by atoms with van der Waals surface area (Å²) in [5, 5.41) is 7.48. The van der Waals surface area contributed by atoms with Crippen molar-refractivity contribution in [2.75, 3.05) is 12.3 Å². The first-order valence-corrected chi connectivity index (χ1v) is 7.41. The van der Waals surface area contributed by atoms with E-state index in [4.69, 9.17) is 10.5 Å². The van der Waals surface area contributed by atoms with Gasteiger partial charge in [-0.05, 0) is 36.8 Å². The summed E-state index contributed by atoms with van der Waals surface area (Å²) in [6.45, 7) is 2.80. The van der Waals surface area contributed by atoms with Crippen LogP contribution in [-0.4, -0.2) is 16.8 Å². The fraction of sp³-hybridized carbons (Fsp3) is 0.167. The zero-order valence-electron chi connectivity index (χ0n) is 12.5. The van der Waals surface area contributed by atoms with Crippen molar-refractivity contribution in [1.82, 2.24) is 10.2 Å². The molecule has 4 heteroatoms. The largest absolute Gasteiger partial charge is 0.493 e. The Morgan fingerprint density at radius 1 is 1.09 bits per heavy atom. The van der Waals surface area contributed by atoms with Crippen LogP contribution in [0.15, 0.2) is 54.6 Å². The molecule has 0 aliphatic rings. The topological polar surface area (TPSA) is 63.9 Å². The van der Waals surface area contributed by atoms with Crippen LogP contribution in [0.4, 0.5) is 5.69 Å². The van der Waals surface area contributed by atoms with Crippen molar-refractivity contribution in [3.05, 3.63) is 54.6 Å². The van der Waals surface area contributed by atoms with E-state index in [9.17, 15) is 0 Å². The van der Waals surface area contributed by atoms with Crippen molar-refractivity contribution < 1.29 is 4.74 Å². The van der Waals surface area contributed by atoms with Gasteiger partial charge in [-0.2, -0.15) is 5.10 Å². The molecule has 0 saturated heterocycles. The average molecular weight is 293 g/mol. The summed E-state index contributed by atoms with van der Waals surface area (Å²) in [4.78, 5) is 0. The second kappa shape index (κ2) is 6.35. The SMILES string of the molecule is CCCOc1ccccc1-c1cc(-c2ccc(N)cc2)n[nH]1. The van der Waals surface area contributed by atoms with Gasteiger partial charge in [0.25, 0.3) is 0 Å². The van der Waals surface area contributed by atoms with E-state index in [1.807, 2.05) is 54.6 Å². The number of anilines is 1. The molecule has 0 fully saturated rings. The normalized spacial score (nSPS) is 10.6. The number of para-hydroxylation sites is 1. The Morgan fingerprint density at radius 2 is 1.86 bits per heavy atom. The summed E-state index contributed by atoms with van der Waals surface area (Å²) in [6.07, 6.45) is 0.980. The predicted octanol–water partition coefficient (Wildman–Crippen LogP) is 4.11. The Kier molecular flexibility index (Phi) is 4.10. The van der Waals surface area contributed by atoms with Crippen LogP contribution in [0.1, 0.15) is 13.3 Å². The third-order valence-corrected chi connectivity index (χ3v) is 3.42.